The summed E-state index contributed by atoms with van der Waals surface area (Å²) in [5, 5.41) is 6.03. The Morgan fingerprint density at radius 1 is 0.765 bits per heavy atom. The van der Waals surface area contributed by atoms with Crippen LogP contribution in [0.5, 0.6) is 5.75 Å². The van der Waals surface area contributed by atoms with E-state index in [1.54, 1.807) is 55.3 Å². The van der Waals surface area contributed by atoms with Crippen molar-refractivity contribution in [2.75, 3.05) is 24.4 Å². The minimum Gasteiger partial charge on any atom is -0.497 e. The zero-order valence-corrected chi connectivity index (χ0v) is 19.9. The van der Waals surface area contributed by atoms with Crippen LogP contribution in [0.4, 0.5) is 11.4 Å². The van der Waals surface area contributed by atoms with Crippen molar-refractivity contribution >= 4 is 52.5 Å². The summed E-state index contributed by atoms with van der Waals surface area (Å²) in [5.74, 6) is -0.762. The van der Waals surface area contributed by atoms with Gasteiger partial charge in [0.15, 0.2) is 6.61 Å². The van der Waals surface area contributed by atoms with Gasteiger partial charge >= 0.3 is 5.97 Å². The van der Waals surface area contributed by atoms with Gasteiger partial charge in [-0.2, -0.15) is 0 Å². The Morgan fingerprint density at radius 2 is 1.29 bits per heavy atom. The largest absolute Gasteiger partial charge is 0.497 e. The quantitative estimate of drug-likeness (QED) is 0.363. The van der Waals surface area contributed by atoms with Crippen molar-refractivity contribution in [3.63, 3.8) is 0 Å². The fraction of sp³-hybridized carbons (Fsp3) is 0.160. The average molecular weight is 499 g/mol. The van der Waals surface area contributed by atoms with Gasteiger partial charge in [0.25, 0.3) is 5.91 Å². The number of anilines is 2. The Balaban J connectivity index is 1.35. The third-order valence-corrected chi connectivity index (χ3v) is 5.75. The predicted molar refractivity (Wildman–Crippen MR) is 132 cm³/mol. The Hall–Kier alpha value is -3.49. The summed E-state index contributed by atoms with van der Waals surface area (Å²) in [6.45, 7) is -0.431. The van der Waals surface area contributed by atoms with Gasteiger partial charge in [0.1, 0.15) is 5.75 Å². The van der Waals surface area contributed by atoms with E-state index < -0.39 is 18.5 Å². The molecule has 3 rings (SSSR count). The van der Waals surface area contributed by atoms with Crippen molar-refractivity contribution in [2.24, 2.45) is 0 Å². The molecule has 0 saturated carbocycles. The highest BCUT2D eigenvalue weighted by molar-refractivity contribution is 7.99. The van der Waals surface area contributed by atoms with Crippen molar-refractivity contribution < 1.29 is 23.9 Å². The highest BCUT2D eigenvalue weighted by Gasteiger charge is 2.11. The molecule has 0 aliphatic heterocycles. The molecule has 0 aliphatic carbocycles. The molecule has 34 heavy (non-hydrogen) atoms. The standard InChI is InChI=1S/C25H23ClN2O5S/c1-32-20-8-4-18(5-9-20)28-24(30)16-33-25(31)15-14-23(29)27-19-6-12-22(13-7-19)34-21-10-2-17(26)3-11-21/h2-13H,14-16H2,1H3,(H,27,29)(H,28,30). The van der Waals surface area contributed by atoms with Crippen LogP contribution in [0, 0.1) is 0 Å². The summed E-state index contributed by atoms with van der Waals surface area (Å²) in [6.07, 6.45) is -0.188. The van der Waals surface area contributed by atoms with Gasteiger partial charge in [0, 0.05) is 32.6 Å². The normalized spacial score (nSPS) is 10.3. The first-order chi connectivity index (χ1) is 16.4. The highest BCUT2D eigenvalue weighted by atomic mass is 35.5. The zero-order valence-electron chi connectivity index (χ0n) is 18.4. The number of rotatable bonds is 10. The Morgan fingerprint density at radius 3 is 1.88 bits per heavy atom. The number of esters is 1. The maximum atomic E-state index is 12.1. The van der Waals surface area contributed by atoms with Crippen LogP contribution in [0.15, 0.2) is 82.6 Å². The lowest BCUT2D eigenvalue weighted by Gasteiger charge is -2.08. The highest BCUT2D eigenvalue weighted by Crippen LogP contribution is 2.29. The number of halogens is 1. The number of hydrogen-bond acceptors (Lipinski definition) is 6. The molecular weight excluding hydrogens is 476 g/mol. The van der Waals surface area contributed by atoms with Crippen molar-refractivity contribution in [3.05, 3.63) is 77.8 Å². The third-order valence-electron chi connectivity index (χ3n) is 4.48. The molecular formula is C25H23ClN2O5S. The molecule has 0 aromatic heterocycles. The van der Waals surface area contributed by atoms with Crippen LogP contribution in [-0.4, -0.2) is 31.5 Å². The van der Waals surface area contributed by atoms with E-state index in [-0.39, 0.29) is 18.7 Å². The smallest absolute Gasteiger partial charge is 0.306 e. The van der Waals surface area contributed by atoms with E-state index in [2.05, 4.69) is 10.6 Å². The molecule has 0 radical (unpaired) electrons. The molecule has 3 aromatic rings. The Bertz CT molecular complexity index is 1120. The van der Waals surface area contributed by atoms with Crippen LogP contribution in [0.1, 0.15) is 12.8 Å². The number of carbonyl (C=O) groups is 3. The number of hydrogen-bond donors (Lipinski definition) is 2. The van der Waals surface area contributed by atoms with Gasteiger partial charge < -0.3 is 20.1 Å². The fourth-order valence-corrected chi connectivity index (χ4v) is 3.72. The van der Waals surface area contributed by atoms with E-state index in [9.17, 15) is 14.4 Å². The lowest BCUT2D eigenvalue weighted by Crippen LogP contribution is -2.21. The van der Waals surface area contributed by atoms with Gasteiger partial charge in [0.2, 0.25) is 5.91 Å². The van der Waals surface area contributed by atoms with Crippen LogP contribution in [0.25, 0.3) is 0 Å². The second-order valence-electron chi connectivity index (χ2n) is 7.07. The van der Waals surface area contributed by atoms with E-state index in [4.69, 9.17) is 21.1 Å². The molecule has 176 valence electrons. The molecule has 0 saturated heterocycles. The molecule has 0 atom stereocenters. The van der Waals surface area contributed by atoms with Gasteiger partial charge in [-0.05, 0) is 72.8 Å². The lowest BCUT2D eigenvalue weighted by atomic mass is 10.2. The number of carbonyl (C=O) groups excluding carboxylic acids is 3. The number of methoxy groups -OCH3 is 1. The van der Waals surface area contributed by atoms with Crippen LogP contribution >= 0.6 is 23.4 Å². The first-order valence-electron chi connectivity index (χ1n) is 10.3. The van der Waals surface area contributed by atoms with Crippen molar-refractivity contribution in [2.45, 2.75) is 22.6 Å². The number of benzene rings is 3. The van der Waals surface area contributed by atoms with Crippen molar-refractivity contribution in [3.8, 4) is 5.75 Å². The van der Waals surface area contributed by atoms with Gasteiger partial charge in [-0.15, -0.1) is 0 Å². The van der Waals surface area contributed by atoms with Gasteiger partial charge in [-0.3, -0.25) is 14.4 Å². The summed E-state index contributed by atoms with van der Waals surface area (Å²) in [4.78, 5) is 38.0. The summed E-state index contributed by atoms with van der Waals surface area (Å²) in [6, 6.07) is 21.6. The van der Waals surface area contributed by atoms with Gasteiger partial charge in [-0.25, -0.2) is 0 Å². The van der Waals surface area contributed by atoms with E-state index >= 15 is 0 Å². The monoisotopic (exact) mass is 498 g/mol. The molecule has 2 N–H and O–H groups in total. The molecule has 0 unspecified atom stereocenters. The maximum absolute atomic E-state index is 12.1. The second-order valence-corrected chi connectivity index (χ2v) is 8.65. The van der Waals surface area contributed by atoms with Crippen molar-refractivity contribution in [1.82, 2.24) is 0 Å². The summed E-state index contributed by atoms with van der Waals surface area (Å²) in [7, 11) is 1.55. The molecule has 2 amide bonds. The molecule has 0 bridgehead atoms. The topological polar surface area (TPSA) is 93.7 Å². The second kappa shape index (κ2) is 12.7. The van der Waals surface area contributed by atoms with Crippen LogP contribution in [0.3, 0.4) is 0 Å². The summed E-state index contributed by atoms with van der Waals surface area (Å²) in [5.41, 5.74) is 1.18. The zero-order chi connectivity index (χ0) is 24.3. The Labute approximate surface area is 206 Å². The first-order valence-corrected chi connectivity index (χ1v) is 11.5. The third kappa shape index (κ3) is 8.46. The average Bonchev–Trinajstić information content (AvgIpc) is 2.84. The van der Waals surface area contributed by atoms with E-state index in [1.165, 1.54) is 0 Å². The molecule has 7 nitrogen and oxygen atoms in total. The van der Waals surface area contributed by atoms with Crippen molar-refractivity contribution in [1.29, 1.82) is 0 Å². The fourth-order valence-electron chi connectivity index (χ4n) is 2.77. The number of amides is 2. The van der Waals surface area contributed by atoms with Crippen LogP contribution in [0.2, 0.25) is 5.02 Å². The lowest BCUT2D eigenvalue weighted by molar-refractivity contribution is -0.147. The minimum atomic E-state index is -0.630. The van der Waals surface area contributed by atoms with Gasteiger partial charge in [-0.1, -0.05) is 23.4 Å². The molecule has 0 heterocycles. The Kier molecular flexibility index (Phi) is 9.37. The number of nitrogens with one attached hydrogen (secondary N) is 2. The molecule has 0 aliphatic rings. The summed E-state index contributed by atoms with van der Waals surface area (Å²) >= 11 is 7.48. The molecule has 9 heteroatoms. The van der Waals surface area contributed by atoms with Gasteiger partial charge in [0.05, 0.1) is 13.5 Å². The molecule has 0 spiro atoms. The first kappa shape index (κ1) is 25.1. The van der Waals surface area contributed by atoms with E-state index in [1.807, 2.05) is 36.4 Å². The maximum Gasteiger partial charge on any atom is 0.306 e. The van der Waals surface area contributed by atoms with Crippen LogP contribution in [-0.2, 0) is 19.1 Å². The van der Waals surface area contributed by atoms with E-state index in [0.717, 1.165) is 9.79 Å². The van der Waals surface area contributed by atoms with Crippen LogP contribution < -0.4 is 15.4 Å². The number of ether oxygens (including phenoxy) is 2. The minimum absolute atomic E-state index is 0.0553. The van der Waals surface area contributed by atoms with E-state index in [0.29, 0.717) is 22.1 Å². The molecule has 3 aromatic carbocycles. The SMILES string of the molecule is COc1ccc(NC(=O)COC(=O)CCC(=O)Nc2ccc(Sc3ccc(Cl)cc3)cc2)cc1. The summed E-state index contributed by atoms with van der Waals surface area (Å²) < 4.78 is 9.98. The molecule has 0 fully saturated rings. The predicted octanol–water partition coefficient (Wildman–Crippen LogP) is 5.40.